The molecule has 0 aromatic carbocycles. The molecular weight excluding hydrogens is 436 g/mol. The molecule has 0 saturated carbocycles. The third-order valence-electron chi connectivity index (χ3n) is 6.32. The fourth-order valence-corrected chi connectivity index (χ4v) is 4.53. The Labute approximate surface area is 193 Å². The molecule has 4 aromatic heterocycles. The molecule has 0 spiro atoms. The number of aromatic nitrogens is 5. The molecule has 1 saturated heterocycles. The molecule has 4 aromatic rings. The van der Waals surface area contributed by atoms with Gasteiger partial charge in [-0.25, -0.2) is 9.78 Å². The number of carbonyl (C=O) groups excluding carboxylic acids is 1. The first-order valence-corrected chi connectivity index (χ1v) is 11.2. The predicted octanol–water partition coefficient (Wildman–Crippen LogP) is 1.55. The summed E-state index contributed by atoms with van der Waals surface area (Å²) in [6.07, 6.45) is 3.14. The molecule has 0 unspecified atom stereocenters. The van der Waals surface area contributed by atoms with Gasteiger partial charge in [0.25, 0.3) is 11.5 Å². The lowest BCUT2D eigenvalue weighted by Gasteiger charge is -2.34. The third-order valence-corrected chi connectivity index (χ3v) is 6.32. The number of carbonyl (C=O) groups is 1. The Morgan fingerprint density at radius 2 is 1.88 bits per heavy atom. The standard InChI is InChI=1S/C24H24N6O4/c1-13-3-4-15(11-25-13)18-5-6-19-20(27-18)21-17(12-26-19)22(32)28-24(34)30(21)16-7-9-29(10-8-16)23(33)14(2)31/h3-6,11-12,14,16,31H,7-10H2,1-2H3,(H,28,32,34)/t14-/m1/s1. The van der Waals surface area contributed by atoms with E-state index in [-0.39, 0.29) is 17.3 Å². The van der Waals surface area contributed by atoms with E-state index in [1.165, 1.54) is 13.1 Å². The Balaban J connectivity index is 1.66. The molecule has 0 radical (unpaired) electrons. The lowest BCUT2D eigenvalue weighted by atomic mass is 10.0. The molecule has 5 heterocycles. The molecule has 34 heavy (non-hydrogen) atoms. The van der Waals surface area contributed by atoms with Crippen LogP contribution in [0.25, 0.3) is 33.2 Å². The van der Waals surface area contributed by atoms with Gasteiger partial charge < -0.3 is 10.0 Å². The third kappa shape index (κ3) is 3.75. The second kappa shape index (κ2) is 8.45. The summed E-state index contributed by atoms with van der Waals surface area (Å²) in [7, 11) is 0. The summed E-state index contributed by atoms with van der Waals surface area (Å²) in [5, 5.41) is 9.90. The number of pyridine rings is 3. The van der Waals surface area contributed by atoms with E-state index in [2.05, 4.69) is 15.0 Å². The van der Waals surface area contributed by atoms with Crippen LogP contribution in [0.1, 0.15) is 31.5 Å². The number of nitrogens with zero attached hydrogens (tertiary/aromatic N) is 5. The molecule has 1 aliphatic heterocycles. The van der Waals surface area contributed by atoms with Gasteiger partial charge in [0, 0.05) is 42.8 Å². The van der Waals surface area contributed by atoms with Crippen molar-refractivity contribution in [1.29, 1.82) is 0 Å². The zero-order valence-electron chi connectivity index (χ0n) is 18.9. The van der Waals surface area contributed by atoms with Gasteiger partial charge in [-0.05, 0) is 51.0 Å². The van der Waals surface area contributed by atoms with Crippen LogP contribution in [0.2, 0.25) is 0 Å². The van der Waals surface area contributed by atoms with E-state index in [4.69, 9.17) is 4.98 Å². The van der Waals surface area contributed by atoms with Crippen molar-refractivity contribution in [3.8, 4) is 11.3 Å². The number of rotatable bonds is 3. The molecule has 1 amide bonds. The lowest BCUT2D eigenvalue weighted by molar-refractivity contribution is -0.140. The van der Waals surface area contributed by atoms with Crippen LogP contribution in [-0.4, -0.2) is 59.6 Å². The summed E-state index contributed by atoms with van der Waals surface area (Å²) in [6.45, 7) is 4.15. The van der Waals surface area contributed by atoms with Gasteiger partial charge in [-0.2, -0.15) is 0 Å². The highest BCUT2D eigenvalue weighted by molar-refractivity contribution is 6.01. The average molecular weight is 460 g/mol. The molecule has 174 valence electrons. The number of piperidine rings is 1. The first-order chi connectivity index (χ1) is 16.3. The second-order valence-electron chi connectivity index (χ2n) is 8.63. The fraction of sp³-hybridized carbons (Fsp3) is 0.333. The van der Waals surface area contributed by atoms with Gasteiger partial charge in [0.1, 0.15) is 11.6 Å². The van der Waals surface area contributed by atoms with Gasteiger partial charge >= 0.3 is 5.69 Å². The predicted molar refractivity (Wildman–Crippen MR) is 126 cm³/mol. The van der Waals surface area contributed by atoms with Crippen molar-refractivity contribution in [2.24, 2.45) is 0 Å². The molecular formula is C24H24N6O4. The monoisotopic (exact) mass is 460 g/mol. The number of nitrogens with one attached hydrogen (secondary N) is 1. The maximum absolute atomic E-state index is 13.0. The number of aromatic amines is 1. The molecule has 10 heteroatoms. The van der Waals surface area contributed by atoms with Crippen molar-refractivity contribution in [2.45, 2.75) is 38.8 Å². The first-order valence-electron chi connectivity index (χ1n) is 11.2. The van der Waals surface area contributed by atoms with Crippen LogP contribution < -0.4 is 11.2 Å². The Hall–Kier alpha value is -3.92. The normalized spacial score (nSPS) is 15.7. The molecule has 1 atom stereocenters. The lowest BCUT2D eigenvalue weighted by Crippen LogP contribution is -2.45. The van der Waals surface area contributed by atoms with E-state index in [0.29, 0.717) is 48.2 Å². The van der Waals surface area contributed by atoms with Crippen molar-refractivity contribution in [3.63, 3.8) is 0 Å². The summed E-state index contributed by atoms with van der Waals surface area (Å²) < 4.78 is 1.58. The number of hydrogen-bond acceptors (Lipinski definition) is 7. The summed E-state index contributed by atoms with van der Waals surface area (Å²) in [6, 6.07) is 7.22. The van der Waals surface area contributed by atoms with E-state index in [1.54, 1.807) is 15.7 Å². The maximum atomic E-state index is 13.0. The van der Waals surface area contributed by atoms with Crippen LogP contribution in [0.5, 0.6) is 0 Å². The molecule has 0 aliphatic carbocycles. The van der Waals surface area contributed by atoms with E-state index in [0.717, 1.165) is 11.3 Å². The van der Waals surface area contributed by atoms with Crippen LogP contribution in [0.3, 0.4) is 0 Å². The topological polar surface area (TPSA) is 134 Å². The minimum Gasteiger partial charge on any atom is -0.384 e. The first kappa shape index (κ1) is 21.9. The Morgan fingerprint density at radius 3 is 2.56 bits per heavy atom. The molecule has 1 aliphatic rings. The van der Waals surface area contributed by atoms with Crippen molar-refractivity contribution < 1.29 is 9.90 Å². The number of aryl methyl sites for hydroxylation is 1. The number of aliphatic hydroxyl groups excluding tert-OH is 1. The quantitative estimate of drug-likeness (QED) is 0.443. The van der Waals surface area contributed by atoms with Crippen molar-refractivity contribution in [1.82, 2.24) is 29.4 Å². The van der Waals surface area contributed by atoms with Crippen LogP contribution in [0, 0.1) is 6.92 Å². The number of aliphatic hydroxyl groups is 1. The van der Waals surface area contributed by atoms with Crippen LogP contribution in [-0.2, 0) is 4.79 Å². The number of amides is 1. The Kier molecular flexibility index (Phi) is 5.45. The summed E-state index contributed by atoms with van der Waals surface area (Å²) >= 11 is 0. The average Bonchev–Trinajstić information content (AvgIpc) is 2.84. The molecule has 1 fully saturated rings. The van der Waals surface area contributed by atoms with Gasteiger partial charge in [-0.3, -0.25) is 29.1 Å². The largest absolute Gasteiger partial charge is 0.384 e. The Bertz CT molecular complexity index is 1520. The summed E-state index contributed by atoms with van der Waals surface area (Å²) in [5.74, 6) is -0.329. The fourth-order valence-electron chi connectivity index (χ4n) is 4.53. The number of hydrogen-bond donors (Lipinski definition) is 2. The Morgan fingerprint density at radius 1 is 1.12 bits per heavy atom. The van der Waals surface area contributed by atoms with Gasteiger partial charge in [-0.1, -0.05) is 0 Å². The zero-order valence-corrected chi connectivity index (χ0v) is 18.9. The maximum Gasteiger partial charge on any atom is 0.329 e. The number of H-pyrrole nitrogens is 1. The van der Waals surface area contributed by atoms with E-state index >= 15 is 0 Å². The molecule has 10 nitrogen and oxygen atoms in total. The second-order valence-corrected chi connectivity index (χ2v) is 8.63. The summed E-state index contributed by atoms with van der Waals surface area (Å²) in [5.41, 5.74) is 2.78. The molecule has 2 N–H and O–H groups in total. The van der Waals surface area contributed by atoms with Crippen LogP contribution >= 0.6 is 0 Å². The van der Waals surface area contributed by atoms with Crippen LogP contribution in [0.4, 0.5) is 0 Å². The smallest absolute Gasteiger partial charge is 0.329 e. The van der Waals surface area contributed by atoms with E-state index in [1.807, 2.05) is 31.2 Å². The highest BCUT2D eigenvalue weighted by Crippen LogP contribution is 2.28. The van der Waals surface area contributed by atoms with Crippen molar-refractivity contribution >= 4 is 27.8 Å². The zero-order chi connectivity index (χ0) is 24.0. The highest BCUT2D eigenvalue weighted by Gasteiger charge is 2.28. The van der Waals surface area contributed by atoms with Gasteiger partial charge in [-0.15, -0.1) is 0 Å². The van der Waals surface area contributed by atoms with Gasteiger partial charge in [0.05, 0.1) is 22.1 Å². The van der Waals surface area contributed by atoms with Gasteiger partial charge in [0.2, 0.25) is 0 Å². The van der Waals surface area contributed by atoms with Crippen molar-refractivity contribution in [2.75, 3.05) is 13.1 Å². The van der Waals surface area contributed by atoms with E-state index in [9.17, 15) is 19.5 Å². The molecule has 5 rings (SSSR count). The SMILES string of the molecule is Cc1ccc(-c2ccc3ncc4c(=O)[nH]c(=O)n(C5CCN(C(=O)[C@@H](C)O)CC5)c4c3n2)cn1. The van der Waals surface area contributed by atoms with E-state index < -0.39 is 17.4 Å². The number of fused-ring (bicyclic) bond motifs is 3. The summed E-state index contributed by atoms with van der Waals surface area (Å²) in [4.78, 5) is 55.4. The minimum atomic E-state index is -1.07. The number of likely N-dealkylation sites (tertiary alicyclic amines) is 1. The minimum absolute atomic E-state index is 0.248. The van der Waals surface area contributed by atoms with Gasteiger partial charge in [0.15, 0.2) is 0 Å². The van der Waals surface area contributed by atoms with Crippen LogP contribution in [0.15, 0.2) is 46.2 Å². The highest BCUT2D eigenvalue weighted by atomic mass is 16.3. The molecule has 0 bridgehead atoms. The van der Waals surface area contributed by atoms with Crippen molar-refractivity contribution in [3.05, 3.63) is 63.2 Å².